The molecule has 0 aliphatic rings. The highest BCUT2D eigenvalue weighted by Crippen LogP contribution is 2.34. The first-order chi connectivity index (χ1) is 18.7. The number of sulfonamides is 2. The normalized spacial score (nSPS) is 11.7. The largest absolute Gasteiger partial charge is 0.322 e. The highest BCUT2D eigenvalue weighted by Gasteiger charge is 2.38. The van der Waals surface area contributed by atoms with Gasteiger partial charge in [0.05, 0.1) is 9.79 Å². The van der Waals surface area contributed by atoms with Crippen LogP contribution in [0.15, 0.2) is 131 Å². The first-order valence-electron chi connectivity index (χ1n) is 11.7. The summed E-state index contributed by atoms with van der Waals surface area (Å²) in [5.74, 6) is -1.65. The van der Waals surface area contributed by atoms with Crippen molar-refractivity contribution in [3.63, 3.8) is 0 Å². The van der Waals surface area contributed by atoms with Crippen LogP contribution in [0.3, 0.4) is 0 Å². The van der Waals surface area contributed by atoms with Crippen molar-refractivity contribution < 1.29 is 26.0 Å². The van der Waals surface area contributed by atoms with Crippen molar-refractivity contribution in [2.45, 2.75) is 9.79 Å². The Morgan fingerprint density at radius 2 is 1.15 bits per heavy atom. The first-order valence-corrected chi connectivity index (χ1v) is 14.6. The minimum atomic E-state index is -4.81. The maximum atomic E-state index is 15.3. The molecule has 0 saturated carbocycles. The second kappa shape index (κ2) is 10.3. The van der Waals surface area contributed by atoms with Gasteiger partial charge in [-0.15, -0.1) is 0 Å². The van der Waals surface area contributed by atoms with Gasteiger partial charge in [0.1, 0.15) is 11.5 Å². The molecule has 0 fully saturated rings. The van der Waals surface area contributed by atoms with E-state index in [0.29, 0.717) is 5.56 Å². The quantitative estimate of drug-likeness (QED) is 0.271. The van der Waals surface area contributed by atoms with E-state index in [9.17, 15) is 21.6 Å². The average Bonchev–Trinajstić information content (AvgIpc) is 2.95. The molecular weight excluding hydrogens is 539 g/mol. The SMILES string of the molecule is O=C(Nc1ccc(F)c(N(S(=O)(=O)c2ccccc2)S(=O)(=O)c2ccccc2)c1)c1ccc2ccccc2c1. The molecule has 196 valence electrons. The van der Waals surface area contributed by atoms with Crippen molar-refractivity contribution in [2.75, 3.05) is 9.03 Å². The monoisotopic (exact) mass is 560 g/mol. The summed E-state index contributed by atoms with van der Waals surface area (Å²) in [6.45, 7) is 0. The summed E-state index contributed by atoms with van der Waals surface area (Å²) in [6.07, 6.45) is 0. The summed E-state index contributed by atoms with van der Waals surface area (Å²) in [5.41, 5.74) is -0.453. The highest BCUT2D eigenvalue weighted by atomic mass is 32.3. The fraction of sp³-hybridized carbons (Fsp3) is 0. The molecule has 0 saturated heterocycles. The number of anilines is 2. The Kier molecular flexibility index (Phi) is 6.90. The minimum Gasteiger partial charge on any atom is -0.322 e. The molecule has 0 atom stereocenters. The van der Waals surface area contributed by atoms with Gasteiger partial charge >= 0.3 is 0 Å². The number of amides is 1. The van der Waals surface area contributed by atoms with E-state index in [1.807, 2.05) is 24.3 Å². The summed E-state index contributed by atoms with van der Waals surface area (Å²) in [4.78, 5) is 12.3. The van der Waals surface area contributed by atoms with E-state index in [1.54, 1.807) is 30.3 Å². The number of rotatable bonds is 7. The van der Waals surface area contributed by atoms with Crippen LogP contribution in [0.4, 0.5) is 15.8 Å². The molecule has 0 spiro atoms. The van der Waals surface area contributed by atoms with Crippen LogP contribution in [-0.4, -0.2) is 22.7 Å². The van der Waals surface area contributed by atoms with E-state index >= 15 is 4.39 Å². The van der Waals surface area contributed by atoms with Crippen LogP contribution < -0.4 is 9.03 Å². The van der Waals surface area contributed by atoms with E-state index in [1.165, 1.54) is 54.6 Å². The third-order valence-electron chi connectivity index (χ3n) is 5.93. The van der Waals surface area contributed by atoms with E-state index in [4.69, 9.17) is 0 Å². The molecule has 0 bridgehead atoms. The number of benzene rings is 5. The third-order valence-corrected chi connectivity index (χ3v) is 10.1. The van der Waals surface area contributed by atoms with E-state index in [-0.39, 0.29) is 19.2 Å². The van der Waals surface area contributed by atoms with Gasteiger partial charge in [0.25, 0.3) is 26.0 Å². The second-order valence-corrected chi connectivity index (χ2v) is 12.3. The predicted octanol–water partition coefficient (Wildman–Crippen LogP) is 5.82. The van der Waals surface area contributed by atoms with Gasteiger partial charge in [-0.1, -0.05) is 66.7 Å². The topological polar surface area (TPSA) is 101 Å². The van der Waals surface area contributed by atoms with Crippen molar-refractivity contribution in [1.29, 1.82) is 0 Å². The summed E-state index contributed by atoms with van der Waals surface area (Å²) < 4.78 is 70.0. The van der Waals surface area contributed by atoms with Crippen LogP contribution in [0.5, 0.6) is 0 Å². The Morgan fingerprint density at radius 1 is 0.615 bits per heavy atom. The molecular formula is C29H21FN2O5S2. The van der Waals surface area contributed by atoms with Gasteiger partial charge in [-0.05, 0) is 65.4 Å². The van der Waals surface area contributed by atoms with Crippen LogP contribution in [0.1, 0.15) is 10.4 Å². The lowest BCUT2D eigenvalue weighted by atomic mass is 10.1. The maximum Gasteiger partial charge on any atom is 0.277 e. The van der Waals surface area contributed by atoms with Crippen molar-refractivity contribution in [1.82, 2.24) is 0 Å². The minimum absolute atomic E-state index is 0.00100. The van der Waals surface area contributed by atoms with Gasteiger partial charge in [-0.2, -0.15) is 3.71 Å². The van der Waals surface area contributed by atoms with E-state index in [0.717, 1.165) is 22.9 Å². The first kappa shape index (κ1) is 26.1. The van der Waals surface area contributed by atoms with Crippen molar-refractivity contribution in [3.8, 4) is 0 Å². The van der Waals surface area contributed by atoms with Gasteiger partial charge in [-0.25, -0.2) is 21.2 Å². The summed E-state index contributed by atoms with van der Waals surface area (Å²) in [6, 6.07) is 29.4. The lowest BCUT2D eigenvalue weighted by Gasteiger charge is -2.25. The highest BCUT2D eigenvalue weighted by molar-refractivity contribution is 8.10. The molecule has 0 heterocycles. The van der Waals surface area contributed by atoms with Crippen LogP contribution in [0, 0.1) is 5.82 Å². The maximum absolute atomic E-state index is 15.3. The van der Waals surface area contributed by atoms with Crippen molar-refractivity contribution in [3.05, 3.63) is 133 Å². The average molecular weight is 561 g/mol. The van der Waals surface area contributed by atoms with Crippen LogP contribution in [0.2, 0.25) is 0 Å². The Morgan fingerprint density at radius 3 is 1.74 bits per heavy atom. The summed E-state index contributed by atoms with van der Waals surface area (Å²) in [5, 5.41) is 4.37. The Hall–Kier alpha value is -4.54. The molecule has 5 aromatic carbocycles. The number of fused-ring (bicyclic) bond motifs is 1. The number of carbonyl (C=O) groups excluding carboxylic acids is 1. The molecule has 7 nitrogen and oxygen atoms in total. The molecule has 0 aliphatic heterocycles. The van der Waals surface area contributed by atoms with Crippen molar-refractivity contribution in [2.24, 2.45) is 0 Å². The second-order valence-electron chi connectivity index (χ2n) is 8.52. The van der Waals surface area contributed by atoms with Crippen LogP contribution >= 0.6 is 0 Å². The number of nitrogens with one attached hydrogen (secondary N) is 1. The number of halogens is 1. The number of carbonyl (C=O) groups is 1. The van der Waals surface area contributed by atoms with Gasteiger partial charge in [0.15, 0.2) is 0 Å². The molecule has 0 unspecified atom stereocenters. The fourth-order valence-corrected chi connectivity index (χ4v) is 7.76. The lowest BCUT2D eigenvalue weighted by Crippen LogP contribution is -2.37. The standard InChI is InChI=1S/C29H21FN2O5S2/c30-27-18-17-24(31-29(33)23-16-15-21-9-7-8-10-22(21)19-23)20-28(27)32(38(34,35)25-11-3-1-4-12-25)39(36,37)26-13-5-2-6-14-26/h1-20H,(H,31,33). The van der Waals surface area contributed by atoms with Gasteiger partial charge < -0.3 is 5.32 Å². The molecule has 10 heteroatoms. The number of nitrogens with zero attached hydrogens (tertiary/aromatic N) is 1. The zero-order valence-corrected chi connectivity index (χ0v) is 21.9. The van der Waals surface area contributed by atoms with Gasteiger partial charge in [0.2, 0.25) is 0 Å². The van der Waals surface area contributed by atoms with Gasteiger partial charge in [-0.3, -0.25) is 4.79 Å². The lowest BCUT2D eigenvalue weighted by molar-refractivity contribution is 0.102. The summed E-state index contributed by atoms with van der Waals surface area (Å²) in [7, 11) is -9.62. The Bertz CT molecular complexity index is 1830. The summed E-state index contributed by atoms with van der Waals surface area (Å²) >= 11 is 0. The number of hydrogen-bond donors (Lipinski definition) is 1. The molecule has 5 rings (SSSR count). The molecule has 0 aromatic heterocycles. The predicted molar refractivity (Wildman–Crippen MR) is 148 cm³/mol. The number of hydrogen-bond acceptors (Lipinski definition) is 5. The molecule has 0 aliphatic carbocycles. The fourth-order valence-electron chi connectivity index (χ4n) is 4.03. The van der Waals surface area contributed by atoms with Gasteiger partial charge in [0, 0.05) is 11.3 Å². The van der Waals surface area contributed by atoms with Crippen LogP contribution in [0.25, 0.3) is 10.8 Å². The third kappa shape index (κ3) is 5.12. The Balaban J connectivity index is 1.60. The van der Waals surface area contributed by atoms with E-state index in [2.05, 4.69) is 5.32 Å². The zero-order valence-electron chi connectivity index (χ0n) is 20.2. The molecule has 1 N–H and O–H groups in total. The molecule has 5 aromatic rings. The smallest absolute Gasteiger partial charge is 0.277 e. The Labute approximate surface area is 225 Å². The zero-order chi connectivity index (χ0) is 27.6. The molecule has 1 amide bonds. The van der Waals surface area contributed by atoms with Crippen LogP contribution in [-0.2, 0) is 20.0 Å². The van der Waals surface area contributed by atoms with Crippen molar-refractivity contribution >= 4 is 48.1 Å². The molecule has 39 heavy (non-hydrogen) atoms. The molecule has 0 radical (unpaired) electrons. The van der Waals surface area contributed by atoms with E-state index < -0.39 is 37.5 Å².